The number of hydrogen-bond acceptors (Lipinski definition) is 3. The lowest BCUT2D eigenvalue weighted by atomic mass is 9.89. The van der Waals surface area contributed by atoms with Crippen LogP contribution in [0, 0.1) is 12.8 Å². The molecule has 0 bridgehead atoms. The number of nitrogens with one attached hydrogen (secondary N) is 1. The van der Waals surface area contributed by atoms with Crippen molar-refractivity contribution in [1.82, 2.24) is 10.3 Å². The van der Waals surface area contributed by atoms with Crippen LogP contribution in [0.5, 0.6) is 0 Å². The summed E-state index contributed by atoms with van der Waals surface area (Å²) in [5.74, 6) is 1.66. The molecule has 4 nitrogen and oxygen atoms in total. The third-order valence-electron chi connectivity index (χ3n) is 4.28. The van der Waals surface area contributed by atoms with Crippen LogP contribution in [-0.2, 0) is 11.3 Å². The molecule has 116 valence electrons. The van der Waals surface area contributed by atoms with Gasteiger partial charge in [-0.2, -0.15) is 0 Å². The first-order chi connectivity index (χ1) is 10.7. The molecule has 3 rings (SSSR count). The first-order valence-electron chi connectivity index (χ1n) is 8.03. The topological polar surface area (TPSA) is 55.1 Å². The van der Waals surface area contributed by atoms with E-state index in [4.69, 9.17) is 4.42 Å². The van der Waals surface area contributed by atoms with E-state index in [2.05, 4.69) is 10.3 Å². The van der Waals surface area contributed by atoms with Crippen molar-refractivity contribution in [2.45, 2.75) is 45.6 Å². The zero-order valence-electron chi connectivity index (χ0n) is 13.0. The Hall–Kier alpha value is -2.10. The standard InChI is InChI=1S/C18H22N2O2/c1-13-17(14-8-4-2-5-9-14)20-16(22-13)12-19-18(21)15-10-6-3-7-11-15/h2,4-5,8-9,15H,3,6-7,10-12H2,1H3,(H,19,21). The number of oxazole rings is 1. The van der Waals surface area contributed by atoms with Gasteiger partial charge >= 0.3 is 0 Å². The Balaban J connectivity index is 1.63. The SMILES string of the molecule is Cc1oc(CNC(=O)C2CCCCC2)nc1-c1ccccc1. The summed E-state index contributed by atoms with van der Waals surface area (Å²) in [7, 11) is 0. The van der Waals surface area contributed by atoms with Crippen LogP contribution >= 0.6 is 0 Å². The highest BCUT2D eigenvalue weighted by atomic mass is 16.4. The normalized spacial score (nSPS) is 15.7. The Morgan fingerprint density at radius 1 is 1.23 bits per heavy atom. The molecule has 0 unspecified atom stereocenters. The van der Waals surface area contributed by atoms with Gasteiger partial charge in [0.15, 0.2) is 0 Å². The average Bonchev–Trinajstić information content (AvgIpc) is 2.95. The van der Waals surface area contributed by atoms with E-state index < -0.39 is 0 Å². The summed E-state index contributed by atoms with van der Waals surface area (Å²) in [4.78, 5) is 16.7. The number of aromatic nitrogens is 1. The van der Waals surface area contributed by atoms with Crippen LogP contribution in [0.4, 0.5) is 0 Å². The summed E-state index contributed by atoms with van der Waals surface area (Å²) in [5.41, 5.74) is 1.89. The monoisotopic (exact) mass is 298 g/mol. The van der Waals surface area contributed by atoms with E-state index in [9.17, 15) is 4.79 Å². The van der Waals surface area contributed by atoms with Crippen molar-refractivity contribution in [3.63, 3.8) is 0 Å². The maximum Gasteiger partial charge on any atom is 0.223 e. The highest BCUT2D eigenvalue weighted by Crippen LogP contribution is 2.25. The van der Waals surface area contributed by atoms with E-state index in [-0.39, 0.29) is 11.8 Å². The summed E-state index contributed by atoms with van der Waals surface area (Å²) in [6.45, 7) is 2.27. The molecule has 1 aromatic carbocycles. The average molecular weight is 298 g/mol. The van der Waals surface area contributed by atoms with Crippen LogP contribution < -0.4 is 5.32 Å². The Morgan fingerprint density at radius 2 is 1.95 bits per heavy atom. The van der Waals surface area contributed by atoms with Crippen LogP contribution in [0.15, 0.2) is 34.7 Å². The molecule has 1 aromatic heterocycles. The van der Waals surface area contributed by atoms with Crippen molar-refractivity contribution in [3.05, 3.63) is 42.0 Å². The third kappa shape index (κ3) is 3.38. The first kappa shape index (κ1) is 14.8. The molecule has 0 spiro atoms. The van der Waals surface area contributed by atoms with Crippen molar-refractivity contribution < 1.29 is 9.21 Å². The lowest BCUT2D eigenvalue weighted by Gasteiger charge is -2.20. The highest BCUT2D eigenvalue weighted by Gasteiger charge is 2.21. The Bertz CT molecular complexity index is 628. The van der Waals surface area contributed by atoms with Crippen LogP contribution in [0.25, 0.3) is 11.3 Å². The molecule has 1 fully saturated rings. The number of amides is 1. The molecule has 1 amide bonds. The number of carbonyl (C=O) groups excluding carboxylic acids is 1. The Labute approximate surface area is 130 Å². The molecule has 1 N–H and O–H groups in total. The number of hydrogen-bond donors (Lipinski definition) is 1. The maximum atomic E-state index is 12.2. The largest absolute Gasteiger partial charge is 0.443 e. The quantitative estimate of drug-likeness (QED) is 0.933. The molecule has 22 heavy (non-hydrogen) atoms. The number of rotatable bonds is 4. The van der Waals surface area contributed by atoms with Gasteiger partial charge in [0.25, 0.3) is 0 Å². The molecule has 0 saturated heterocycles. The second-order valence-corrected chi connectivity index (χ2v) is 5.93. The van der Waals surface area contributed by atoms with Gasteiger partial charge in [-0.3, -0.25) is 4.79 Å². The molecule has 2 aromatic rings. The van der Waals surface area contributed by atoms with Crippen molar-refractivity contribution >= 4 is 5.91 Å². The van der Waals surface area contributed by atoms with Gasteiger partial charge in [0.1, 0.15) is 11.5 Å². The van der Waals surface area contributed by atoms with Gasteiger partial charge in [0, 0.05) is 11.5 Å². The second-order valence-electron chi connectivity index (χ2n) is 5.93. The molecule has 0 aliphatic heterocycles. The molecule has 0 radical (unpaired) electrons. The van der Waals surface area contributed by atoms with E-state index in [0.29, 0.717) is 12.4 Å². The molecule has 4 heteroatoms. The van der Waals surface area contributed by atoms with Gasteiger partial charge in [-0.05, 0) is 19.8 Å². The van der Waals surface area contributed by atoms with Crippen molar-refractivity contribution in [2.24, 2.45) is 5.92 Å². The Kier molecular flexibility index (Phi) is 4.56. The van der Waals surface area contributed by atoms with Crippen LogP contribution in [0.1, 0.15) is 43.8 Å². The maximum absolute atomic E-state index is 12.2. The van der Waals surface area contributed by atoms with Gasteiger partial charge in [-0.1, -0.05) is 49.6 Å². The summed E-state index contributed by atoms with van der Waals surface area (Å²) in [6.07, 6.45) is 5.59. The minimum atomic E-state index is 0.136. The molecule has 1 saturated carbocycles. The fraction of sp³-hybridized carbons (Fsp3) is 0.444. The Morgan fingerprint density at radius 3 is 2.68 bits per heavy atom. The van der Waals surface area contributed by atoms with E-state index in [1.807, 2.05) is 37.3 Å². The lowest BCUT2D eigenvalue weighted by Crippen LogP contribution is -2.31. The number of aryl methyl sites for hydroxylation is 1. The van der Waals surface area contributed by atoms with E-state index in [1.54, 1.807) is 0 Å². The van der Waals surface area contributed by atoms with Gasteiger partial charge < -0.3 is 9.73 Å². The number of nitrogens with zero attached hydrogens (tertiary/aromatic N) is 1. The second kappa shape index (κ2) is 6.77. The first-order valence-corrected chi connectivity index (χ1v) is 8.03. The predicted octanol–water partition coefficient (Wildman–Crippen LogP) is 3.85. The van der Waals surface area contributed by atoms with E-state index in [1.165, 1.54) is 6.42 Å². The van der Waals surface area contributed by atoms with E-state index >= 15 is 0 Å². The van der Waals surface area contributed by atoms with E-state index in [0.717, 1.165) is 42.7 Å². The highest BCUT2D eigenvalue weighted by molar-refractivity contribution is 5.78. The fourth-order valence-electron chi connectivity index (χ4n) is 3.06. The third-order valence-corrected chi connectivity index (χ3v) is 4.28. The molecule has 1 aliphatic carbocycles. The van der Waals surface area contributed by atoms with Crippen LogP contribution in [0.2, 0.25) is 0 Å². The number of carbonyl (C=O) groups is 1. The lowest BCUT2D eigenvalue weighted by molar-refractivity contribution is -0.126. The molecular weight excluding hydrogens is 276 g/mol. The number of benzene rings is 1. The summed E-state index contributed by atoms with van der Waals surface area (Å²) in [5, 5.41) is 2.97. The minimum Gasteiger partial charge on any atom is -0.443 e. The van der Waals surface area contributed by atoms with Crippen LogP contribution in [0.3, 0.4) is 0 Å². The summed E-state index contributed by atoms with van der Waals surface area (Å²) in [6, 6.07) is 9.96. The van der Waals surface area contributed by atoms with Gasteiger partial charge in [0.05, 0.1) is 6.54 Å². The predicted molar refractivity (Wildman–Crippen MR) is 85.1 cm³/mol. The van der Waals surface area contributed by atoms with Crippen LogP contribution in [-0.4, -0.2) is 10.9 Å². The fourth-order valence-corrected chi connectivity index (χ4v) is 3.06. The smallest absolute Gasteiger partial charge is 0.223 e. The zero-order valence-corrected chi connectivity index (χ0v) is 13.0. The zero-order chi connectivity index (χ0) is 15.4. The summed E-state index contributed by atoms with van der Waals surface area (Å²) >= 11 is 0. The molecule has 1 heterocycles. The summed E-state index contributed by atoms with van der Waals surface area (Å²) < 4.78 is 5.68. The van der Waals surface area contributed by atoms with Crippen molar-refractivity contribution in [3.8, 4) is 11.3 Å². The van der Waals surface area contributed by atoms with Gasteiger partial charge in [-0.15, -0.1) is 0 Å². The van der Waals surface area contributed by atoms with Gasteiger partial charge in [0.2, 0.25) is 11.8 Å². The minimum absolute atomic E-state index is 0.136. The van der Waals surface area contributed by atoms with Crippen molar-refractivity contribution in [1.29, 1.82) is 0 Å². The van der Waals surface area contributed by atoms with Crippen molar-refractivity contribution in [2.75, 3.05) is 0 Å². The molecule has 0 atom stereocenters. The van der Waals surface area contributed by atoms with Gasteiger partial charge in [-0.25, -0.2) is 4.98 Å². The molecular formula is C18H22N2O2. The molecule has 1 aliphatic rings.